The molecule has 0 radical (unpaired) electrons. The van der Waals surface area contributed by atoms with Gasteiger partial charge in [-0.3, -0.25) is 9.63 Å². The smallest absolute Gasteiger partial charge is 0.276 e. The molecule has 0 heterocycles. The molecule has 0 saturated carbocycles. The topological polar surface area (TPSA) is 73.6 Å². The number of halogens is 1. The van der Waals surface area contributed by atoms with Gasteiger partial charge in [0.05, 0.1) is 18.8 Å². The number of rotatable bonds is 5. The third-order valence-corrected chi connectivity index (χ3v) is 2.31. The van der Waals surface area contributed by atoms with Gasteiger partial charge in [-0.25, -0.2) is 5.48 Å². The lowest BCUT2D eigenvalue weighted by Gasteiger charge is -2.07. The van der Waals surface area contributed by atoms with Crippen LogP contribution in [0.2, 0.25) is 0 Å². The van der Waals surface area contributed by atoms with Crippen molar-refractivity contribution in [2.24, 2.45) is 0 Å². The highest BCUT2D eigenvalue weighted by molar-refractivity contribution is 9.10. The van der Waals surface area contributed by atoms with Crippen molar-refractivity contribution in [2.75, 3.05) is 26.1 Å². The van der Waals surface area contributed by atoms with Crippen LogP contribution >= 0.6 is 15.9 Å². The van der Waals surface area contributed by atoms with Crippen LogP contribution in [0.4, 0.5) is 5.69 Å². The monoisotopic (exact) mass is 288 g/mol. The Morgan fingerprint density at radius 2 is 2.25 bits per heavy atom. The summed E-state index contributed by atoms with van der Waals surface area (Å²) < 4.78 is 5.58. The molecular weight excluding hydrogens is 276 g/mol. The Kier molecular flexibility index (Phi) is 5.24. The molecule has 5 nitrogen and oxygen atoms in total. The number of amides is 1. The number of hydroxylamine groups is 1. The third-order valence-electron chi connectivity index (χ3n) is 1.81. The summed E-state index contributed by atoms with van der Waals surface area (Å²) in [5, 5.41) is 0. The molecule has 1 rings (SSSR count). The molecule has 1 amide bonds. The first-order valence-electron chi connectivity index (χ1n) is 4.61. The van der Waals surface area contributed by atoms with Gasteiger partial charge in [-0.1, -0.05) is 15.9 Å². The molecule has 0 unspecified atom stereocenters. The molecule has 0 bridgehead atoms. The Morgan fingerprint density at radius 1 is 1.50 bits per heavy atom. The van der Waals surface area contributed by atoms with Gasteiger partial charge in [0.25, 0.3) is 5.91 Å². The van der Waals surface area contributed by atoms with Gasteiger partial charge in [0.2, 0.25) is 0 Å². The Labute approximate surface area is 102 Å². The number of nitrogens with two attached hydrogens (primary N) is 1. The van der Waals surface area contributed by atoms with Gasteiger partial charge < -0.3 is 10.5 Å². The number of anilines is 1. The van der Waals surface area contributed by atoms with Gasteiger partial charge in [-0.15, -0.1) is 0 Å². The van der Waals surface area contributed by atoms with Crippen molar-refractivity contribution >= 4 is 27.5 Å². The predicted octanol–water partition coefficient (Wildman–Crippen LogP) is 1.34. The minimum absolute atomic E-state index is 0.290. The summed E-state index contributed by atoms with van der Waals surface area (Å²) in [6, 6.07) is 5.01. The predicted molar refractivity (Wildman–Crippen MR) is 63.8 cm³/mol. The zero-order valence-corrected chi connectivity index (χ0v) is 10.4. The number of carbonyl (C=O) groups is 1. The lowest BCUT2D eigenvalue weighted by Crippen LogP contribution is -2.26. The van der Waals surface area contributed by atoms with Crippen LogP contribution in [-0.4, -0.2) is 26.2 Å². The maximum absolute atomic E-state index is 11.6. The number of nitrogens with one attached hydrogen (secondary N) is 1. The molecule has 1 aromatic rings. The summed E-state index contributed by atoms with van der Waals surface area (Å²) >= 11 is 3.26. The molecule has 0 spiro atoms. The van der Waals surface area contributed by atoms with Crippen LogP contribution in [0.3, 0.4) is 0 Å². The normalized spacial score (nSPS) is 10.1. The van der Waals surface area contributed by atoms with Crippen molar-refractivity contribution in [3.05, 3.63) is 28.2 Å². The van der Waals surface area contributed by atoms with E-state index in [0.29, 0.717) is 24.5 Å². The van der Waals surface area contributed by atoms with Gasteiger partial charge in [0.15, 0.2) is 0 Å². The average Bonchev–Trinajstić information content (AvgIpc) is 2.24. The second kappa shape index (κ2) is 6.47. The van der Waals surface area contributed by atoms with Crippen LogP contribution in [0, 0.1) is 0 Å². The van der Waals surface area contributed by atoms with Crippen molar-refractivity contribution in [1.82, 2.24) is 5.48 Å². The first kappa shape index (κ1) is 13.0. The standard InChI is InChI=1S/C10H13BrN2O3/c1-15-4-5-16-13-10(14)8-3-2-7(11)6-9(8)12/h2-3,6H,4-5,12H2,1H3,(H,13,14). The molecule has 0 aliphatic rings. The molecule has 3 N–H and O–H groups in total. The maximum Gasteiger partial charge on any atom is 0.276 e. The SMILES string of the molecule is COCCONC(=O)c1ccc(Br)cc1N. The number of benzene rings is 1. The average molecular weight is 289 g/mol. The quantitative estimate of drug-likeness (QED) is 0.487. The molecule has 6 heteroatoms. The minimum atomic E-state index is -0.374. The van der Waals surface area contributed by atoms with Crippen LogP contribution in [0.15, 0.2) is 22.7 Å². The molecule has 0 saturated heterocycles. The van der Waals surface area contributed by atoms with E-state index in [0.717, 1.165) is 4.47 Å². The van der Waals surface area contributed by atoms with Crippen LogP contribution in [0.5, 0.6) is 0 Å². The summed E-state index contributed by atoms with van der Waals surface area (Å²) in [4.78, 5) is 16.5. The van der Waals surface area contributed by atoms with Gasteiger partial charge >= 0.3 is 0 Å². The molecule has 16 heavy (non-hydrogen) atoms. The van der Waals surface area contributed by atoms with E-state index >= 15 is 0 Å². The molecular formula is C10H13BrN2O3. The van der Waals surface area contributed by atoms with E-state index in [-0.39, 0.29) is 5.91 Å². The van der Waals surface area contributed by atoms with Crippen molar-refractivity contribution < 1.29 is 14.4 Å². The number of carbonyl (C=O) groups excluding carboxylic acids is 1. The van der Waals surface area contributed by atoms with Gasteiger partial charge in [-0.05, 0) is 18.2 Å². The van der Waals surface area contributed by atoms with Crippen molar-refractivity contribution in [3.63, 3.8) is 0 Å². The molecule has 0 aliphatic heterocycles. The number of nitrogen functional groups attached to an aromatic ring is 1. The highest BCUT2D eigenvalue weighted by Gasteiger charge is 2.09. The maximum atomic E-state index is 11.6. The molecule has 88 valence electrons. The van der Waals surface area contributed by atoms with Crippen LogP contribution in [-0.2, 0) is 9.57 Å². The second-order valence-electron chi connectivity index (χ2n) is 3.00. The lowest BCUT2D eigenvalue weighted by atomic mass is 10.2. The van der Waals surface area contributed by atoms with Crippen LogP contribution in [0.1, 0.15) is 10.4 Å². The Bertz CT molecular complexity index is 371. The molecule has 0 aliphatic carbocycles. The van der Waals surface area contributed by atoms with Gasteiger partial charge in [0.1, 0.15) is 0 Å². The van der Waals surface area contributed by atoms with E-state index in [1.54, 1.807) is 25.3 Å². The van der Waals surface area contributed by atoms with E-state index in [1.165, 1.54) is 0 Å². The summed E-state index contributed by atoms with van der Waals surface area (Å²) in [7, 11) is 1.55. The molecule has 1 aromatic carbocycles. The highest BCUT2D eigenvalue weighted by atomic mass is 79.9. The van der Waals surface area contributed by atoms with Crippen LogP contribution < -0.4 is 11.2 Å². The summed E-state index contributed by atoms with van der Waals surface area (Å²) in [5.74, 6) is -0.374. The lowest BCUT2D eigenvalue weighted by molar-refractivity contribution is 0.00894. The summed E-state index contributed by atoms with van der Waals surface area (Å²) in [6.07, 6.45) is 0. The van der Waals surface area contributed by atoms with Gasteiger partial charge in [-0.2, -0.15) is 0 Å². The Balaban J connectivity index is 2.53. The second-order valence-corrected chi connectivity index (χ2v) is 3.92. The molecule has 0 aromatic heterocycles. The minimum Gasteiger partial charge on any atom is -0.398 e. The van der Waals surface area contributed by atoms with E-state index in [1.807, 2.05) is 0 Å². The number of ether oxygens (including phenoxy) is 1. The molecule has 0 atom stereocenters. The third kappa shape index (κ3) is 3.80. The first-order valence-corrected chi connectivity index (χ1v) is 5.40. The number of hydrogen-bond donors (Lipinski definition) is 2. The first-order chi connectivity index (χ1) is 7.65. The summed E-state index contributed by atoms with van der Waals surface area (Å²) in [6.45, 7) is 0.703. The van der Waals surface area contributed by atoms with Crippen molar-refractivity contribution in [3.8, 4) is 0 Å². The fourth-order valence-electron chi connectivity index (χ4n) is 1.04. The number of methoxy groups -OCH3 is 1. The van der Waals surface area contributed by atoms with E-state index < -0.39 is 0 Å². The fourth-order valence-corrected chi connectivity index (χ4v) is 1.42. The van der Waals surface area contributed by atoms with Crippen LogP contribution in [0.25, 0.3) is 0 Å². The number of hydrogen-bond acceptors (Lipinski definition) is 4. The largest absolute Gasteiger partial charge is 0.398 e. The van der Waals surface area contributed by atoms with E-state index in [2.05, 4.69) is 21.4 Å². The Hall–Kier alpha value is -1.11. The van der Waals surface area contributed by atoms with Gasteiger partial charge in [0, 0.05) is 17.3 Å². The van der Waals surface area contributed by atoms with E-state index in [9.17, 15) is 4.79 Å². The van der Waals surface area contributed by atoms with Crippen molar-refractivity contribution in [1.29, 1.82) is 0 Å². The zero-order chi connectivity index (χ0) is 12.0. The molecule has 0 fully saturated rings. The Morgan fingerprint density at radius 3 is 2.88 bits per heavy atom. The fraction of sp³-hybridized carbons (Fsp3) is 0.300. The highest BCUT2D eigenvalue weighted by Crippen LogP contribution is 2.18. The van der Waals surface area contributed by atoms with Crippen molar-refractivity contribution in [2.45, 2.75) is 0 Å². The zero-order valence-electron chi connectivity index (χ0n) is 8.83. The van der Waals surface area contributed by atoms with E-state index in [4.69, 9.17) is 15.3 Å². The summed E-state index contributed by atoms with van der Waals surface area (Å²) in [5.41, 5.74) is 8.73.